The molecule has 1 amide bonds. The van der Waals surface area contributed by atoms with Crippen LogP contribution in [0.5, 0.6) is 11.5 Å². The summed E-state index contributed by atoms with van der Waals surface area (Å²) in [6, 6.07) is 15.4. The molecule has 1 fully saturated rings. The van der Waals surface area contributed by atoms with Gasteiger partial charge in [-0.2, -0.15) is 0 Å². The third-order valence-corrected chi connectivity index (χ3v) is 5.44. The van der Waals surface area contributed by atoms with Crippen molar-refractivity contribution in [1.82, 2.24) is 9.97 Å². The number of methoxy groups -OCH3 is 2. The molecule has 1 aliphatic heterocycles. The molecule has 0 radical (unpaired) electrons. The Morgan fingerprint density at radius 3 is 2.32 bits per heavy atom. The van der Waals surface area contributed by atoms with Crippen molar-refractivity contribution in [3.05, 3.63) is 60.9 Å². The third kappa shape index (κ3) is 4.94. The predicted octanol–water partition coefficient (Wildman–Crippen LogP) is 4.02. The van der Waals surface area contributed by atoms with Gasteiger partial charge in [-0.3, -0.25) is 4.79 Å². The molecule has 1 aromatic heterocycles. The summed E-state index contributed by atoms with van der Waals surface area (Å²) in [5, 5.41) is 3.00. The van der Waals surface area contributed by atoms with E-state index in [1.807, 2.05) is 42.7 Å². The zero-order chi connectivity index (χ0) is 21.6. The van der Waals surface area contributed by atoms with Crippen LogP contribution in [0.4, 0.5) is 11.6 Å². The lowest BCUT2D eigenvalue weighted by Gasteiger charge is -2.32. The molecule has 31 heavy (non-hydrogen) atoms. The van der Waals surface area contributed by atoms with E-state index in [-0.39, 0.29) is 11.8 Å². The Bertz CT molecular complexity index is 1000. The number of piperidine rings is 1. The van der Waals surface area contributed by atoms with E-state index in [0.29, 0.717) is 29.7 Å². The lowest BCUT2D eigenvalue weighted by Crippen LogP contribution is -2.41. The number of carbonyl (C=O) groups is 1. The number of nitrogens with zero attached hydrogens (tertiary/aromatic N) is 3. The van der Waals surface area contributed by atoms with Gasteiger partial charge in [0.25, 0.3) is 0 Å². The highest BCUT2D eigenvalue weighted by atomic mass is 16.5. The first-order valence-corrected chi connectivity index (χ1v) is 10.3. The summed E-state index contributed by atoms with van der Waals surface area (Å²) in [4.78, 5) is 24.1. The third-order valence-electron chi connectivity index (χ3n) is 5.44. The summed E-state index contributed by atoms with van der Waals surface area (Å²) < 4.78 is 10.6. The SMILES string of the molecule is COc1cc(NC(=O)[C@@H]2CCCN(c3ncc(-c4ccccc4)cn3)C2)cc(OC)c1. The fourth-order valence-electron chi connectivity index (χ4n) is 3.76. The second-order valence-electron chi connectivity index (χ2n) is 7.51. The highest BCUT2D eigenvalue weighted by Gasteiger charge is 2.27. The van der Waals surface area contributed by atoms with Crippen molar-refractivity contribution in [2.75, 3.05) is 37.5 Å². The van der Waals surface area contributed by atoms with Gasteiger partial charge in [-0.15, -0.1) is 0 Å². The summed E-state index contributed by atoms with van der Waals surface area (Å²) in [7, 11) is 3.17. The van der Waals surface area contributed by atoms with Crippen molar-refractivity contribution in [1.29, 1.82) is 0 Å². The smallest absolute Gasteiger partial charge is 0.229 e. The topological polar surface area (TPSA) is 76.6 Å². The first-order valence-electron chi connectivity index (χ1n) is 10.3. The highest BCUT2D eigenvalue weighted by Crippen LogP contribution is 2.28. The molecular weight excluding hydrogens is 392 g/mol. The van der Waals surface area contributed by atoms with Crippen LogP contribution >= 0.6 is 0 Å². The van der Waals surface area contributed by atoms with Crippen LogP contribution in [0.15, 0.2) is 60.9 Å². The van der Waals surface area contributed by atoms with Crippen LogP contribution in [0.1, 0.15) is 12.8 Å². The fraction of sp³-hybridized carbons (Fsp3) is 0.292. The molecule has 0 saturated carbocycles. The molecule has 1 N–H and O–H groups in total. The Kier molecular flexibility index (Phi) is 6.31. The van der Waals surface area contributed by atoms with Crippen molar-refractivity contribution in [3.8, 4) is 22.6 Å². The van der Waals surface area contributed by atoms with E-state index in [1.165, 1.54) is 0 Å². The van der Waals surface area contributed by atoms with Gasteiger partial charge < -0.3 is 19.7 Å². The van der Waals surface area contributed by atoms with E-state index < -0.39 is 0 Å². The highest BCUT2D eigenvalue weighted by molar-refractivity contribution is 5.93. The van der Waals surface area contributed by atoms with Gasteiger partial charge in [0.05, 0.1) is 20.1 Å². The summed E-state index contributed by atoms with van der Waals surface area (Å²) in [6.07, 6.45) is 5.41. The van der Waals surface area contributed by atoms with Crippen LogP contribution in [0, 0.1) is 5.92 Å². The van der Waals surface area contributed by atoms with Crippen LogP contribution < -0.4 is 19.7 Å². The zero-order valence-corrected chi connectivity index (χ0v) is 17.7. The van der Waals surface area contributed by atoms with Crippen molar-refractivity contribution in [3.63, 3.8) is 0 Å². The number of hydrogen-bond donors (Lipinski definition) is 1. The minimum atomic E-state index is -0.150. The largest absolute Gasteiger partial charge is 0.497 e. The number of nitrogens with one attached hydrogen (secondary N) is 1. The maximum atomic E-state index is 12.9. The molecule has 160 valence electrons. The Balaban J connectivity index is 1.43. The van der Waals surface area contributed by atoms with Crippen LogP contribution in [-0.2, 0) is 4.79 Å². The number of ether oxygens (including phenoxy) is 2. The molecule has 3 aromatic rings. The summed E-state index contributed by atoms with van der Waals surface area (Å²) >= 11 is 0. The molecule has 0 spiro atoms. The number of benzene rings is 2. The van der Waals surface area contributed by atoms with Gasteiger partial charge >= 0.3 is 0 Å². The van der Waals surface area contributed by atoms with E-state index in [1.54, 1.807) is 32.4 Å². The second kappa shape index (κ2) is 9.47. The first kappa shape index (κ1) is 20.7. The molecule has 1 aliphatic rings. The Morgan fingerprint density at radius 1 is 1.00 bits per heavy atom. The van der Waals surface area contributed by atoms with Gasteiger partial charge in [-0.1, -0.05) is 30.3 Å². The predicted molar refractivity (Wildman–Crippen MR) is 121 cm³/mol. The van der Waals surface area contributed by atoms with Gasteiger partial charge in [-0.05, 0) is 18.4 Å². The minimum absolute atomic E-state index is 0.0269. The maximum absolute atomic E-state index is 12.9. The second-order valence-corrected chi connectivity index (χ2v) is 7.51. The Morgan fingerprint density at radius 2 is 1.68 bits per heavy atom. The average Bonchev–Trinajstić information content (AvgIpc) is 2.84. The van der Waals surface area contributed by atoms with Crippen LogP contribution in [-0.4, -0.2) is 43.2 Å². The van der Waals surface area contributed by atoms with Crippen LogP contribution in [0.3, 0.4) is 0 Å². The molecular formula is C24H26N4O3. The average molecular weight is 418 g/mol. The summed E-state index contributed by atoms with van der Waals surface area (Å²) in [5.41, 5.74) is 2.71. The molecule has 7 nitrogen and oxygen atoms in total. The van der Waals surface area contributed by atoms with Gasteiger partial charge in [-0.25, -0.2) is 9.97 Å². The Hall–Kier alpha value is -3.61. The van der Waals surface area contributed by atoms with Gasteiger partial charge in [0.2, 0.25) is 11.9 Å². The van der Waals surface area contributed by atoms with E-state index in [9.17, 15) is 4.79 Å². The number of carbonyl (C=O) groups excluding carboxylic acids is 1. The van der Waals surface area contributed by atoms with Gasteiger partial charge in [0.1, 0.15) is 11.5 Å². The zero-order valence-electron chi connectivity index (χ0n) is 17.7. The van der Waals surface area contributed by atoms with Crippen molar-refractivity contribution < 1.29 is 14.3 Å². The van der Waals surface area contributed by atoms with E-state index in [4.69, 9.17) is 9.47 Å². The number of aromatic nitrogens is 2. The number of amides is 1. The number of anilines is 2. The maximum Gasteiger partial charge on any atom is 0.229 e. The quantitative estimate of drug-likeness (QED) is 0.652. The van der Waals surface area contributed by atoms with Crippen LogP contribution in [0.2, 0.25) is 0 Å². The van der Waals surface area contributed by atoms with E-state index >= 15 is 0 Å². The summed E-state index contributed by atoms with van der Waals surface area (Å²) in [6.45, 7) is 1.42. The lowest BCUT2D eigenvalue weighted by molar-refractivity contribution is -0.120. The van der Waals surface area contributed by atoms with Crippen molar-refractivity contribution in [2.45, 2.75) is 12.8 Å². The minimum Gasteiger partial charge on any atom is -0.497 e. The molecule has 2 aromatic carbocycles. The molecule has 4 rings (SSSR count). The fourth-order valence-corrected chi connectivity index (χ4v) is 3.76. The number of hydrogen-bond acceptors (Lipinski definition) is 6. The Labute approximate surface area is 182 Å². The standard InChI is InChI=1S/C24H26N4O3/c1-30-21-11-20(12-22(13-21)31-2)27-23(29)18-9-6-10-28(16-18)24-25-14-19(15-26-24)17-7-4-3-5-8-17/h3-5,7-8,11-15,18H,6,9-10,16H2,1-2H3,(H,27,29)/t18-/m1/s1. The molecule has 0 aliphatic carbocycles. The van der Waals surface area contributed by atoms with Crippen molar-refractivity contribution in [2.24, 2.45) is 5.92 Å². The molecule has 2 heterocycles. The van der Waals surface area contributed by atoms with E-state index in [2.05, 4.69) is 20.2 Å². The van der Waals surface area contributed by atoms with Gasteiger partial charge in [0, 0.05) is 54.9 Å². The van der Waals surface area contributed by atoms with Crippen LogP contribution in [0.25, 0.3) is 11.1 Å². The molecule has 0 bridgehead atoms. The summed E-state index contributed by atoms with van der Waals surface area (Å²) in [5.74, 6) is 1.74. The molecule has 7 heteroatoms. The molecule has 1 saturated heterocycles. The van der Waals surface area contributed by atoms with Crippen molar-refractivity contribution >= 4 is 17.5 Å². The molecule has 1 atom stereocenters. The first-order chi connectivity index (χ1) is 15.2. The van der Waals surface area contributed by atoms with Gasteiger partial charge in [0.15, 0.2) is 0 Å². The lowest BCUT2D eigenvalue weighted by atomic mass is 9.97. The van der Waals surface area contributed by atoms with E-state index in [0.717, 1.165) is 30.5 Å². The molecule has 0 unspecified atom stereocenters. The number of rotatable bonds is 6. The monoisotopic (exact) mass is 418 g/mol. The normalized spacial score (nSPS) is 15.9.